The summed E-state index contributed by atoms with van der Waals surface area (Å²) in [5.41, 5.74) is 5.51. The van der Waals surface area contributed by atoms with Gasteiger partial charge in [0, 0.05) is 49.8 Å². The maximum absolute atomic E-state index is 3.45. The van der Waals surface area contributed by atoms with Crippen LogP contribution in [0.1, 0.15) is 16.7 Å². The third kappa shape index (κ3) is 2.53. The van der Waals surface area contributed by atoms with Crippen LogP contribution in [0.3, 0.4) is 0 Å². The lowest BCUT2D eigenvalue weighted by molar-refractivity contribution is 0.244. The van der Waals surface area contributed by atoms with Gasteiger partial charge in [-0.05, 0) is 37.0 Å². The number of piperazine rings is 1. The molecule has 3 nitrogen and oxygen atoms in total. The number of aromatic amines is 1. The zero-order valence-corrected chi connectivity index (χ0v) is 11.9. The third-order valence-corrected chi connectivity index (χ3v) is 4.38. The first-order chi connectivity index (χ1) is 9.25. The number of H-pyrrole nitrogens is 1. The number of hydrogen-bond acceptors (Lipinski definition) is 2. The summed E-state index contributed by atoms with van der Waals surface area (Å²) in [6.45, 7) is 10.2. The molecule has 1 aromatic heterocycles. The fourth-order valence-corrected chi connectivity index (χ4v) is 2.93. The summed E-state index contributed by atoms with van der Waals surface area (Å²) in [5.74, 6) is 0. The molecule has 0 radical (unpaired) electrons. The Morgan fingerprint density at radius 3 is 2.74 bits per heavy atom. The zero-order valence-electron chi connectivity index (χ0n) is 11.9. The van der Waals surface area contributed by atoms with Crippen LogP contribution in [-0.2, 0) is 6.42 Å². The first kappa shape index (κ1) is 12.7. The highest BCUT2D eigenvalue weighted by Gasteiger charge is 2.11. The predicted octanol–water partition coefficient (Wildman–Crippen LogP) is 2.23. The standard InChI is InChI=1S/C16H23N3/c1-12-3-4-15-14(11-18-16(15)13(12)2)5-8-19-9-6-17-7-10-19/h3-4,11,17-18H,5-10H2,1-2H3. The van der Waals surface area contributed by atoms with E-state index in [1.54, 1.807) is 0 Å². The lowest BCUT2D eigenvalue weighted by Crippen LogP contribution is -2.44. The van der Waals surface area contributed by atoms with E-state index < -0.39 is 0 Å². The van der Waals surface area contributed by atoms with Crippen molar-refractivity contribution in [3.63, 3.8) is 0 Å². The quantitative estimate of drug-likeness (QED) is 0.883. The molecule has 0 spiro atoms. The number of aryl methyl sites for hydroxylation is 2. The molecule has 0 amide bonds. The molecule has 1 aliphatic rings. The highest BCUT2D eigenvalue weighted by Crippen LogP contribution is 2.24. The third-order valence-electron chi connectivity index (χ3n) is 4.38. The van der Waals surface area contributed by atoms with Gasteiger partial charge >= 0.3 is 0 Å². The number of nitrogens with zero attached hydrogens (tertiary/aromatic N) is 1. The van der Waals surface area contributed by atoms with Gasteiger partial charge in [-0.2, -0.15) is 0 Å². The van der Waals surface area contributed by atoms with E-state index in [-0.39, 0.29) is 0 Å². The summed E-state index contributed by atoms with van der Waals surface area (Å²) >= 11 is 0. The highest BCUT2D eigenvalue weighted by molar-refractivity contribution is 5.86. The number of aromatic nitrogens is 1. The van der Waals surface area contributed by atoms with E-state index in [1.807, 2.05) is 0 Å². The first-order valence-electron chi connectivity index (χ1n) is 7.25. The summed E-state index contributed by atoms with van der Waals surface area (Å²) in [6, 6.07) is 4.50. The monoisotopic (exact) mass is 257 g/mol. The van der Waals surface area contributed by atoms with Crippen LogP contribution < -0.4 is 5.32 Å². The van der Waals surface area contributed by atoms with Gasteiger partial charge in [0.15, 0.2) is 0 Å². The van der Waals surface area contributed by atoms with Crippen LogP contribution in [0.4, 0.5) is 0 Å². The molecule has 1 fully saturated rings. The molecule has 0 saturated carbocycles. The van der Waals surface area contributed by atoms with Gasteiger partial charge in [0.2, 0.25) is 0 Å². The Kier molecular flexibility index (Phi) is 3.58. The van der Waals surface area contributed by atoms with Gasteiger partial charge in [0.1, 0.15) is 0 Å². The average Bonchev–Trinajstić information content (AvgIpc) is 2.86. The van der Waals surface area contributed by atoms with E-state index >= 15 is 0 Å². The first-order valence-corrected chi connectivity index (χ1v) is 7.25. The molecular formula is C16H23N3. The Morgan fingerprint density at radius 1 is 1.16 bits per heavy atom. The van der Waals surface area contributed by atoms with Crippen molar-refractivity contribution in [2.75, 3.05) is 32.7 Å². The molecule has 2 aromatic rings. The van der Waals surface area contributed by atoms with Crippen LogP contribution in [0.15, 0.2) is 18.3 Å². The average molecular weight is 257 g/mol. The van der Waals surface area contributed by atoms with Gasteiger partial charge in [-0.25, -0.2) is 0 Å². The van der Waals surface area contributed by atoms with Gasteiger partial charge < -0.3 is 15.2 Å². The number of hydrogen-bond donors (Lipinski definition) is 2. The van der Waals surface area contributed by atoms with Crippen molar-refractivity contribution in [2.24, 2.45) is 0 Å². The van der Waals surface area contributed by atoms with Gasteiger partial charge in [-0.3, -0.25) is 0 Å². The summed E-state index contributed by atoms with van der Waals surface area (Å²) < 4.78 is 0. The fourth-order valence-electron chi connectivity index (χ4n) is 2.93. The second-order valence-corrected chi connectivity index (χ2v) is 5.59. The molecule has 2 heterocycles. The molecule has 0 aliphatic carbocycles. The molecule has 0 atom stereocenters. The Labute approximate surface area is 115 Å². The molecule has 0 bridgehead atoms. The van der Waals surface area contributed by atoms with E-state index in [9.17, 15) is 0 Å². The molecule has 1 aromatic carbocycles. The van der Waals surface area contributed by atoms with Crippen molar-refractivity contribution in [1.82, 2.24) is 15.2 Å². The van der Waals surface area contributed by atoms with Crippen molar-refractivity contribution in [3.8, 4) is 0 Å². The van der Waals surface area contributed by atoms with Gasteiger partial charge in [-0.1, -0.05) is 12.1 Å². The normalized spacial score (nSPS) is 17.2. The lowest BCUT2D eigenvalue weighted by Gasteiger charge is -2.26. The van der Waals surface area contributed by atoms with Crippen LogP contribution in [0, 0.1) is 13.8 Å². The Balaban J connectivity index is 1.76. The Morgan fingerprint density at radius 2 is 1.95 bits per heavy atom. The van der Waals surface area contributed by atoms with Gasteiger partial charge in [0.25, 0.3) is 0 Å². The maximum atomic E-state index is 3.45. The largest absolute Gasteiger partial charge is 0.361 e. The predicted molar refractivity (Wildman–Crippen MR) is 80.8 cm³/mol. The molecule has 3 rings (SSSR count). The molecule has 102 valence electrons. The van der Waals surface area contributed by atoms with E-state index in [0.29, 0.717) is 0 Å². The number of fused-ring (bicyclic) bond motifs is 1. The minimum atomic E-state index is 1.13. The Bertz CT molecular complexity index is 565. The number of nitrogens with one attached hydrogen (secondary N) is 2. The van der Waals surface area contributed by atoms with Crippen LogP contribution in [0.25, 0.3) is 10.9 Å². The van der Waals surface area contributed by atoms with Crippen molar-refractivity contribution < 1.29 is 0 Å². The van der Waals surface area contributed by atoms with E-state index in [2.05, 4.69) is 47.4 Å². The molecular weight excluding hydrogens is 234 g/mol. The van der Waals surface area contributed by atoms with E-state index in [1.165, 1.54) is 47.2 Å². The van der Waals surface area contributed by atoms with Gasteiger partial charge in [0.05, 0.1) is 0 Å². The van der Waals surface area contributed by atoms with Crippen LogP contribution in [0.2, 0.25) is 0 Å². The lowest BCUT2D eigenvalue weighted by atomic mass is 10.0. The molecule has 3 heteroatoms. The Hall–Kier alpha value is -1.32. The highest BCUT2D eigenvalue weighted by atomic mass is 15.2. The van der Waals surface area contributed by atoms with E-state index in [4.69, 9.17) is 0 Å². The summed E-state index contributed by atoms with van der Waals surface area (Å²) in [5, 5.41) is 4.80. The van der Waals surface area contributed by atoms with Crippen molar-refractivity contribution in [3.05, 3.63) is 35.0 Å². The fraction of sp³-hybridized carbons (Fsp3) is 0.500. The summed E-state index contributed by atoms with van der Waals surface area (Å²) in [6.07, 6.45) is 3.34. The van der Waals surface area contributed by atoms with Gasteiger partial charge in [-0.15, -0.1) is 0 Å². The number of rotatable bonds is 3. The van der Waals surface area contributed by atoms with Crippen LogP contribution in [-0.4, -0.2) is 42.6 Å². The topological polar surface area (TPSA) is 31.1 Å². The summed E-state index contributed by atoms with van der Waals surface area (Å²) in [7, 11) is 0. The molecule has 2 N–H and O–H groups in total. The van der Waals surface area contributed by atoms with E-state index in [0.717, 1.165) is 19.5 Å². The van der Waals surface area contributed by atoms with Crippen molar-refractivity contribution >= 4 is 10.9 Å². The van der Waals surface area contributed by atoms with Crippen molar-refractivity contribution in [1.29, 1.82) is 0 Å². The minimum absolute atomic E-state index is 1.13. The van der Waals surface area contributed by atoms with Crippen molar-refractivity contribution in [2.45, 2.75) is 20.3 Å². The SMILES string of the molecule is Cc1ccc2c(CCN3CCNCC3)c[nH]c2c1C. The second kappa shape index (κ2) is 5.35. The molecule has 1 aliphatic heterocycles. The summed E-state index contributed by atoms with van der Waals surface area (Å²) in [4.78, 5) is 6.01. The second-order valence-electron chi connectivity index (χ2n) is 5.59. The smallest absolute Gasteiger partial charge is 0.0489 e. The number of benzene rings is 1. The maximum Gasteiger partial charge on any atom is 0.0489 e. The zero-order chi connectivity index (χ0) is 13.2. The van der Waals surface area contributed by atoms with Crippen LogP contribution in [0.5, 0.6) is 0 Å². The molecule has 19 heavy (non-hydrogen) atoms. The minimum Gasteiger partial charge on any atom is -0.361 e. The molecule has 0 unspecified atom stereocenters. The van der Waals surface area contributed by atoms with Crippen LogP contribution >= 0.6 is 0 Å². The molecule has 1 saturated heterocycles.